The summed E-state index contributed by atoms with van der Waals surface area (Å²) < 4.78 is 20.6. The molecule has 0 unspecified atom stereocenters. The van der Waals surface area contributed by atoms with Crippen molar-refractivity contribution >= 4 is 57.2 Å². The van der Waals surface area contributed by atoms with Gasteiger partial charge in [-0.3, -0.25) is 5.41 Å². The minimum absolute atomic E-state index is 0.300. The molecule has 0 amide bonds. The fourth-order valence-electron chi connectivity index (χ4n) is 2.17. The second-order valence-corrected chi connectivity index (χ2v) is 8.06. The van der Waals surface area contributed by atoms with E-state index >= 15 is 0 Å². The van der Waals surface area contributed by atoms with E-state index in [1.807, 2.05) is 6.26 Å². The Kier molecular flexibility index (Phi) is 13.6. The van der Waals surface area contributed by atoms with Crippen molar-refractivity contribution in [3.8, 4) is 11.5 Å². The van der Waals surface area contributed by atoms with Crippen LogP contribution in [0.1, 0.15) is 11.1 Å². The SMILES string of the molecule is COCCOc1cc(Cl)cc(C(=N)SC)c1.COCCOc1cc(Cl)cc(C(N)=S)c1. The van der Waals surface area contributed by atoms with Crippen LogP contribution in [0.4, 0.5) is 0 Å². The van der Waals surface area contributed by atoms with Crippen molar-refractivity contribution in [3.63, 3.8) is 0 Å². The van der Waals surface area contributed by atoms with Crippen LogP contribution in [-0.4, -0.2) is 56.9 Å². The molecule has 0 spiro atoms. The van der Waals surface area contributed by atoms with Crippen LogP contribution in [0.5, 0.6) is 11.5 Å². The van der Waals surface area contributed by atoms with E-state index in [-0.39, 0.29) is 0 Å². The largest absolute Gasteiger partial charge is 0.491 e. The van der Waals surface area contributed by atoms with E-state index in [1.165, 1.54) is 11.8 Å². The molecule has 0 saturated heterocycles. The van der Waals surface area contributed by atoms with Crippen LogP contribution in [0.25, 0.3) is 0 Å². The molecular formula is C21H26Cl2N2O4S2. The number of thioether (sulfide) groups is 1. The minimum atomic E-state index is 0.300. The topological polar surface area (TPSA) is 86.8 Å². The highest BCUT2D eigenvalue weighted by Crippen LogP contribution is 2.23. The van der Waals surface area contributed by atoms with Gasteiger partial charge in [0.05, 0.1) is 18.3 Å². The van der Waals surface area contributed by atoms with Crippen LogP contribution < -0.4 is 15.2 Å². The molecule has 10 heteroatoms. The monoisotopic (exact) mass is 504 g/mol. The van der Waals surface area contributed by atoms with Gasteiger partial charge in [-0.1, -0.05) is 35.4 Å². The van der Waals surface area contributed by atoms with Crippen molar-refractivity contribution in [2.75, 3.05) is 46.9 Å². The van der Waals surface area contributed by atoms with Crippen LogP contribution >= 0.6 is 47.2 Å². The van der Waals surface area contributed by atoms with Crippen molar-refractivity contribution in [3.05, 3.63) is 57.6 Å². The molecule has 0 heterocycles. The smallest absolute Gasteiger partial charge is 0.121 e. The lowest BCUT2D eigenvalue weighted by Crippen LogP contribution is -2.10. The van der Waals surface area contributed by atoms with Crippen LogP contribution in [0.15, 0.2) is 36.4 Å². The van der Waals surface area contributed by atoms with Crippen LogP contribution in [0, 0.1) is 5.41 Å². The highest BCUT2D eigenvalue weighted by molar-refractivity contribution is 8.13. The third-order valence-electron chi connectivity index (χ3n) is 3.61. The summed E-state index contributed by atoms with van der Waals surface area (Å²) in [6.07, 6.45) is 1.86. The summed E-state index contributed by atoms with van der Waals surface area (Å²) in [6, 6.07) is 10.5. The first-order valence-corrected chi connectivity index (χ1v) is 11.5. The number of nitrogens with two attached hydrogens (primary N) is 1. The molecule has 0 aliphatic rings. The molecule has 0 aliphatic carbocycles. The molecule has 0 aromatic heterocycles. The summed E-state index contributed by atoms with van der Waals surface area (Å²) in [5, 5.41) is 9.30. The van der Waals surface area contributed by atoms with Crippen molar-refractivity contribution in [2.45, 2.75) is 0 Å². The zero-order valence-electron chi connectivity index (χ0n) is 17.6. The highest BCUT2D eigenvalue weighted by atomic mass is 35.5. The van der Waals surface area contributed by atoms with Crippen molar-refractivity contribution in [2.24, 2.45) is 5.73 Å². The van der Waals surface area contributed by atoms with E-state index in [2.05, 4.69) is 0 Å². The predicted molar refractivity (Wildman–Crippen MR) is 134 cm³/mol. The van der Waals surface area contributed by atoms with Gasteiger partial charge in [-0.25, -0.2) is 0 Å². The van der Waals surface area contributed by atoms with Gasteiger partial charge in [-0.05, 0) is 42.7 Å². The van der Waals surface area contributed by atoms with Crippen LogP contribution in [0.3, 0.4) is 0 Å². The number of rotatable bonds is 10. The Bertz CT molecular complexity index is 869. The Labute approximate surface area is 202 Å². The highest BCUT2D eigenvalue weighted by Gasteiger charge is 2.05. The lowest BCUT2D eigenvalue weighted by molar-refractivity contribution is 0.146. The maximum Gasteiger partial charge on any atom is 0.121 e. The molecular weight excluding hydrogens is 479 g/mol. The predicted octanol–water partition coefficient (Wildman–Crippen LogP) is 5.05. The molecule has 6 nitrogen and oxygen atoms in total. The van der Waals surface area contributed by atoms with Gasteiger partial charge in [0.15, 0.2) is 0 Å². The molecule has 2 aromatic rings. The number of ether oxygens (including phenoxy) is 4. The minimum Gasteiger partial charge on any atom is -0.491 e. The number of benzene rings is 2. The molecule has 0 saturated carbocycles. The average Bonchev–Trinajstić information content (AvgIpc) is 2.73. The van der Waals surface area contributed by atoms with E-state index < -0.39 is 0 Å². The fourth-order valence-corrected chi connectivity index (χ4v) is 3.09. The van der Waals surface area contributed by atoms with Crippen LogP contribution in [0.2, 0.25) is 10.0 Å². The molecule has 0 fully saturated rings. The summed E-state index contributed by atoms with van der Waals surface area (Å²) in [4.78, 5) is 0.300. The number of hydrogen-bond donors (Lipinski definition) is 2. The third-order valence-corrected chi connectivity index (χ3v) is 4.92. The molecule has 3 N–H and O–H groups in total. The second kappa shape index (κ2) is 15.3. The molecule has 170 valence electrons. The molecule has 31 heavy (non-hydrogen) atoms. The van der Waals surface area contributed by atoms with Gasteiger partial charge in [0.25, 0.3) is 0 Å². The lowest BCUT2D eigenvalue weighted by Gasteiger charge is -2.08. The molecule has 0 bridgehead atoms. The van der Waals surface area contributed by atoms with Crippen molar-refractivity contribution in [1.82, 2.24) is 0 Å². The van der Waals surface area contributed by atoms with E-state index in [1.54, 1.807) is 50.6 Å². The van der Waals surface area contributed by atoms with E-state index in [0.717, 1.165) is 5.56 Å². The summed E-state index contributed by atoms with van der Waals surface area (Å²) in [5.41, 5.74) is 6.97. The van der Waals surface area contributed by atoms with Gasteiger partial charge in [-0.2, -0.15) is 0 Å². The van der Waals surface area contributed by atoms with Crippen molar-refractivity contribution < 1.29 is 18.9 Å². The fraction of sp³-hybridized carbons (Fsp3) is 0.333. The number of hydrogen-bond acceptors (Lipinski definition) is 7. The van der Waals surface area contributed by atoms with Gasteiger partial charge in [-0.15, -0.1) is 11.8 Å². The molecule has 0 aliphatic heterocycles. The number of thiocarbonyl (C=S) groups is 1. The van der Waals surface area contributed by atoms with Gasteiger partial charge in [0, 0.05) is 35.4 Å². The van der Waals surface area contributed by atoms with Gasteiger partial charge < -0.3 is 24.7 Å². The lowest BCUT2D eigenvalue weighted by atomic mass is 10.2. The van der Waals surface area contributed by atoms with E-state index in [4.69, 9.17) is 65.5 Å². The summed E-state index contributed by atoms with van der Waals surface area (Å²) >= 11 is 18.1. The zero-order chi connectivity index (χ0) is 23.2. The zero-order valence-corrected chi connectivity index (χ0v) is 20.7. The van der Waals surface area contributed by atoms with Crippen molar-refractivity contribution in [1.29, 1.82) is 5.41 Å². The van der Waals surface area contributed by atoms with E-state index in [0.29, 0.717) is 63.6 Å². The molecule has 0 atom stereocenters. The first-order valence-electron chi connectivity index (χ1n) is 9.08. The van der Waals surface area contributed by atoms with Gasteiger partial charge in [0.1, 0.15) is 29.7 Å². The quantitative estimate of drug-likeness (QED) is 0.202. The Balaban J connectivity index is 0.000000311. The third kappa shape index (κ3) is 11.0. The first-order chi connectivity index (χ1) is 14.8. The summed E-state index contributed by atoms with van der Waals surface area (Å²) in [7, 11) is 3.23. The number of halogens is 2. The first kappa shape index (κ1) is 27.5. The Hall–Kier alpha value is -1.55. The number of nitrogens with one attached hydrogen (secondary N) is 1. The molecule has 2 rings (SSSR count). The standard InChI is InChI=1S/C11H14ClNO2S.C10H12ClNO2S/c1-14-3-4-15-10-6-8(11(13)16-2)5-9(12)7-10;1-13-2-3-14-9-5-7(10(12)15)4-8(11)6-9/h5-7,13H,3-4H2,1-2H3;4-6H,2-3H2,1H3,(H2,12,15). The summed E-state index contributed by atoms with van der Waals surface area (Å²) in [6.45, 7) is 1.99. The van der Waals surface area contributed by atoms with Gasteiger partial charge in [0.2, 0.25) is 0 Å². The normalized spacial score (nSPS) is 10.1. The van der Waals surface area contributed by atoms with Gasteiger partial charge >= 0.3 is 0 Å². The Morgan fingerprint density at radius 3 is 1.74 bits per heavy atom. The maximum atomic E-state index is 7.71. The average molecular weight is 505 g/mol. The molecule has 2 aromatic carbocycles. The Morgan fingerprint density at radius 2 is 1.32 bits per heavy atom. The second-order valence-electron chi connectivity index (χ2n) is 5.93. The van der Waals surface area contributed by atoms with E-state index in [9.17, 15) is 0 Å². The Morgan fingerprint density at radius 1 is 0.871 bits per heavy atom. The molecule has 0 radical (unpaired) electrons. The maximum absolute atomic E-state index is 7.71. The number of methoxy groups -OCH3 is 2. The van der Waals surface area contributed by atoms with Crippen LogP contribution in [-0.2, 0) is 9.47 Å². The summed E-state index contributed by atoms with van der Waals surface area (Å²) in [5.74, 6) is 1.31.